The number of carbonyl (C=O) groups is 2. The first kappa shape index (κ1) is 15.9. The molecule has 0 unspecified atom stereocenters. The highest BCUT2D eigenvalue weighted by molar-refractivity contribution is 6.42. The number of rotatable bonds is 1. The Hall–Kier alpha value is -1.46. The van der Waals surface area contributed by atoms with Crippen molar-refractivity contribution in [2.75, 3.05) is 33.3 Å². The molecule has 21 heavy (non-hydrogen) atoms. The van der Waals surface area contributed by atoms with Crippen molar-refractivity contribution >= 4 is 35.2 Å². The van der Waals surface area contributed by atoms with Crippen molar-refractivity contribution < 1.29 is 14.3 Å². The molecule has 0 aromatic heterocycles. The Morgan fingerprint density at radius 1 is 1.05 bits per heavy atom. The Bertz CT molecular complexity index is 551. The summed E-state index contributed by atoms with van der Waals surface area (Å²) >= 11 is 11.8. The Morgan fingerprint density at radius 2 is 1.71 bits per heavy atom. The second-order valence-electron chi connectivity index (χ2n) is 4.73. The fourth-order valence-corrected chi connectivity index (χ4v) is 2.54. The summed E-state index contributed by atoms with van der Waals surface area (Å²) in [6.45, 7) is 2.10. The standard InChI is InChI=1S/C14H16Cl2N2O3/c1-21-14(20)18-6-2-5-17(7-8-18)13(19)10-3-4-11(15)12(16)9-10/h3-4,9H,2,5-8H2,1H3. The fraction of sp³-hybridized carbons (Fsp3) is 0.429. The summed E-state index contributed by atoms with van der Waals surface area (Å²) < 4.78 is 4.71. The molecule has 1 heterocycles. The van der Waals surface area contributed by atoms with Gasteiger partial charge in [-0.3, -0.25) is 4.79 Å². The second kappa shape index (κ2) is 7.00. The molecule has 0 bridgehead atoms. The van der Waals surface area contributed by atoms with Gasteiger partial charge in [0.1, 0.15) is 0 Å². The maximum Gasteiger partial charge on any atom is 0.409 e. The summed E-state index contributed by atoms with van der Waals surface area (Å²) in [7, 11) is 1.35. The van der Waals surface area contributed by atoms with Crippen molar-refractivity contribution in [3.63, 3.8) is 0 Å². The molecule has 1 aliphatic rings. The number of hydrogen-bond donors (Lipinski definition) is 0. The van der Waals surface area contributed by atoms with Gasteiger partial charge in [0.15, 0.2) is 0 Å². The molecule has 5 nitrogen and oxygen atoms in total. The van der Waals surface area contributed by atoms with Gasteiger partial charge in [-0.1, -0.05) is 23.2 Å². The van der Waals surface area contributed by atoms with E-state index in [-0.39, 0.29) is 12.0 Å². The lowest BCUT2D eigenvalue weighted by atomic mass is 10.2. The highest BCUT2D eigenvalue weighted by atomic mass is 35.5. The van der Waals surface area contributed by atoms with Gasteiger partial charge in [0.2, 0.25) is 0 Å². The molecule has 1 saturated heterocycles. The Morgan fingerprint density at radius 3 is 2.38 bits per heavy atom. The van der Waals surface area contributed by atoms with Gasteiger partial charge in [0.25, 0.3) is 5.91 Å². The zero-order valence-electron chi connectivity index (χ0n) is 11.6. The van der Waals surface area contributed by atoms with Gasteiger partial charge in [0, 0.05) is 31.7 Å². The maximum absolute atomic E-state index is 12.5. The summed E-state index contributed by atoms with van der Waals surface area (Å²) in [5, 5.41) is 0.773. The van der Waals surface area contributed by atoms with Crippen LogP contribution in [0.5, 0.6) is 0 Å². The number of halogens is 2. The van der Waals surface area contributed by atoms with Crippen LogP contribution < -0.4 is 0 Å². The van der Waals surface area contributed by atoms with Gasteiger partial charge in [-0.05, 0) is 24.6 Å². The van der Waals surface area contributed by atoms with Crippen LogP contribution in [0.1, 0.15) is 16.8 Å². The number of benzene rings is 1. The number of hydrogen-bond acceptors (Lipinski definition) is 3. The molecule has 1 fully saturated rings. The zero-order valence-corrected chi connectivity index (χ0v) is 13.2. The van der Waals surface area contributed by atoms with Gasteiger partial charge in [-0.25, -0.2) is 4.79 Å². The van der Waals surface area contributed by atoms with Crippen LogP contribution in [0, 0.1) is 0 Å². The van der Waals surface area contributed by atoms with E-state index < -0.39 is 0 Å². The van der Waals surface area contributed by atoms with Crippen LogP contribution >= 0.6 is 23.2 Å². The molecule has 2 rings (SSSR count). The number of methoxy groups -OCH3 is 1. The van der Waals surface area contributed by atoms with E-state index in [1.165, 1.54) is 7.11 Å². The van der Waals surface area contributed by atoms with Gasteiger partial charge in [0.05, 0.1) is 17.2 Å². The van der Waals surface area contributed by atoms with Crippen molar-refractivity contribution in [2.24, 2.45) is 0 Å². The highest BCUT2D eigenvalue weighted by Gasteiger charge is 2.23. The normalized spacial score (nSPS) is 15.6. The Kier molecular flexibility index (Phi) is 5.31. The number of carbonyl (C=O) groups excluding carboxylic acids is 2. The lowest BCUT2D eigenvalue weighted by molar-refractivity contribution is 0.0757. The van der Waals surface area contributed by atoms with E-state index in [4.69, 9.17) is 27.9 Å². The minimum Gasteiger partial charge on any atom is -0.453 e. The molecule has 1 aromatic carbocycles. The van der Waals surface area contributed by atoms with Crippen molar-refractivity contribution in [1.29, 1.82) is 0 Å². The summed E-state index contributed by atoms with van der Waals surface area (Å²) in [5.41, 5.74) is 0.496. The SMILES string of the molecule is COC(=O)N1CCCN(C(=O)c2ccc(Cl)c(Cl)c2)CC1. The first-order chi connectivity index (χ1) is 10.0. The maximum atomic E-state index is 12.5. The summed E-state index contributed by atoms with van der Waals surface area (Å²) in [6.07, 6.45) is 0.348. The fourth-order valence-electron chi connectivity index (χ4n) is 2.24. The third-order valence-corrected chi connectivity index (χ3v) is 4.12. The number of amides is 2. The molecule has 0 N–H and O–H groups in total. The van der Waals surface area contributed by atoms with Crippen LogP contribution in [0.3, 0.4) is 0 Å². The highest BCUT2D eigenvalue weighted by Crippen LogP contribution is 2.23. The van der Waals surface area contributed by atoms with Crippen LogP contribution in [-0.4, -0.2) is 55.1 Å². The van der Waals surface area contributed by atoms with Gasteiger partial charge >= 0.3 is 6.09 Å². The van der Waals surface area contributed by atoms with Crippen molar-refractivity contribution in [3.05, 3.63) is 33.8 Å². The summed E-state index contributed by atoms with van der Waals surface area (Å²) in [5.74, 6) is -0.111. The van der Waals surface area contributed by atoms with Gasteiger partial charge in [-0.15, -0.1) is 0 Å². The lowest BCUT2D eigenvalue weighted by Gasteiger charge is -2.21. The summed E-state index contributed by atoms with van der Waals surface area (Å²) in [4.78, 5) is 27.3. The third-order valence-electron chi connectivity index (χ3n) is 3.38. The molecule has 1 aliphatic heterocycles. The molecule has 0 saturated carbocycles. The van der Waals surface area contributed by atoms with E-state index >= 15 is 0 Å². The zero-order chi connectivity index (χ0) is 15.4. The second-order valence-corrected chi connectivity index (χ2v) is 5.55. The predicted molar refractivity (Wildman–Crippen MR) is 81.0 cm³/mol. The lowest BCUT2D eigenvalue weighted by Crippen LogP contribution is -2.37. The average molecular weight is 331 g/mol. The molecule has 0 radical (unpaired) electrons. The molecule has 0 spiro atoms. The molecule has 0 atom stereocenters. The van der Waals surface area contributed by atoms with Crippen molar-refractivity contribution in [2.45, 2.75) is 6.42 Å². The molecule has 0 aliphatic carbocycles. The van der Waals surface area contributed by atoms with E-state index in [2.05, 4.69) is 0 Å². The van der Waals surface area contributed by atoms with E-state index in [0.29, 0.717) is 48.2 Å². The quantitative estimate of drug-likeness (QED) is 0.795. The molecule has 1 aromatic rings. The van der Waals surface area contributed by atoms with Crippen LogP contribution in [0.2, 0.25) is 10.0 Å². The van der Waals surface area contributed by atoms with Crippen molar-refractivity contribution in [3.8, 4) is 0 Å². The first-order valence-electron chi connectivity index (χ1n) is 6.60. The van der Waals surface area contributed by atoms with Crippen LogP contribution in [0.4, 0.5) is 4.79 Å². The number of nitrogens with zero attached hydrogens (tertiary/aromatic N) is 2. The molecule has 7 heteroatoms. The third kappa shape index (κ3) is 3.80. The Balaban J connectivity index is 2.06. The van der Waals surface area contributed by atoms with E-state index in [1.54, 1.807) is 28.0 Å². The van der Waals surface area contributed by atoms with Crippen LogP contribution in [0.25, 0.3) is 0 Å². The summed E-state index contributed by atoms with van der Waals surface area (Å²) in [6, 6.07) is 4.82. The van der Waals surface area contributed by atoms with Crippen molar-refractivity contribution in [1.82, 2.24) is 9.80 Å². The molecule has 2 amide bonds. The smallest absolute Gasteiger partial charge is 0.409 e. The van der Waals surface area contributed by atoms with Crippen LogP contribution in [-0.2, 0) is 4.74 Å². The van der Waals surface area contributed by atoms with E-state index in [9.17, 15) is 9.59 Å². The molecule has 114 valence electrons. The molecular formula is C14H16Cl2N2O3. The monoisotopic (exact) mass is 330 g/mol. The predicted octanol–water partition coefficient (Wildman–Crippen LogP) is 2.91. The van der Waals surface area contributed by atoms with E-state index in [1.807, 2.05) is 0 Å². The van der Waals surface area contributed by atoms with E-state index in [0.717, 1.165) is 0 Å². The number of ether oxygens (including phenoxy) is 1. The topological polar surface area (TPSA) is 49.9 Å². The molecular weight excluding hydrogens is 315 g/mol. The minimum absolute atomic E-state index is 0.111. The Labute approximate surface area is 133 Å². The average Bonchev–Trinajstić information content (AvgIpc) is 2.74. The van der Waals surface area contributed by atoms with Gasteiger partial charge in [-0.2, -0.15) is 0 Å². The van der Waals surface area contributed by atoms with Gasteiger partial charge < -0.3 is 14.5 Å². The van der Waals surface area contributed by atoms with Crippen LogP contribution in [0.15, 0.2) is 18.2 Å². The minimum atomic E-state index is -0.362. The largest absolute Gasteiger partial charge is 0.453 e. The first-order valence-corrected chi connectivity index (χ1v) is 7.35.